The van der Waals surface area contributed by atoms with Crippen molar-refractivity contribution in [3.05, 3.63) is 0 Å². The van der Waals surface area contributed by atoms with Crippen LogP contribution < -0.4 is 0 Å². The Labute approximate surface area is 373 Å². The first-order valence-electron chi connectivity index (χ1n) is 20.0. The molecule has 0 saturated heterocycles. The minimum absolute atomic E-state index is 0.100. The number of rotatable bonds is 32. The van der Waals surface area contributed by atoms with Crippen molar-refractivity contribution in [1.82, 2.24) is 14.7 Å². The zero-order chi connectivity index (χ0) is 48.4. The lowest BCUT2D eigenvalue weighted by Gasteiger charge is -2.47. The van der Waals surface area contributed by atoms with E-state index in [1.165, 1.54) is 14.7 Å². The van der Waals surface area contributed by atoms with Gasteiger partial charge in [0, 0.05) is 39.3 Å². The van der Waals surface area contributed by atoms with E-state index in [2.05, 4.69) is 0 Å². The van der Waals surface area contributed by atoms with E-state index in [0.29, 0.717) is 0 Å². The number of carboxylic acids is 3. The first-order valence-corrected chi connectivity index (χ1v) is 45.5. The normalized spacial score (nSPS) is 17.1. The maximum atomic E-state index is 15.7. The summed E-state index contributed by atoms with van der Waals surface area (Å²) in [6.45, 7) is 29.2. The molecule has 0 heterocycles. The second-order valence-corrected chi connectivity index (χ2v) is 56.0. The molecule has 29 heteroatoms. The van der Waals surface area contributed by atoms with Gasteiger partial charge in [0.2, 0.25) is 34.7 Å². The molecule has 0 bridgehead atoms. The lowest BCUT2D eigenvalue weighted by atomic mass is 10.3. The molecule has 0 aromatic carbocycles. The van der Waals surface area contributed by atoms with Crippen molar-refractivity contribution < 1.29 is 73.7 Å². The van der Waals surface area contributed by atoms with Gasteiger partial charge in [-0.05, 0) is 118 Å². The van der Waals surface area contributed by atoms with Crippen LogP contribution in [0, 0.1) is 0 Å². The molecule has 0 aliphatic carbocycles. The van der Waals surface area contributed by atoms with E-state index in [9.17, 15) is 43.4 Å². The van der Waals surface area contributed by atoms with Crippen LogP contribution in [-0.4, -0.2) is 167 Å². The smallest absolute Gasteiger partial charge is 0.353 e. The van der Waals surface area contributed by atoms with Crippen LogP contribution >= 0.6 is 32.1 Å². The molecule has 0 amide bonds. The lowest BCUT2D eigenvalue weighted by molar-refractivity contribution is -0.140. The first-order chi connectivity index (χ1) is 27.0. The predicted molar refractivity (Wildman–Crippen MR) is 257 cm³/mol. The number of nitrogens with zero attached hydrogens (tertiary/aromatic N) is 3. The molecular formula is C32H77N3O16P4Si6. The Morgan fingerprint density at radius 2 is 0.852 bits per heavy atom. The van der Waals surface area contributed by atoms with Crippen LogP contribution in [0.5, 0.6) is 0 Å². The predicted octanol–water partition coefficient (Wildman–Crippen LogP) is 8.00. The second-order valence-electron chi connectivity index (χ2n) is 20.9. The van der Waals surface area contributed by atoms with E-state index in [1.54, 1.807) is 98.2 Å². The highest BCUT2D eigenvalue weighted by molar-refractivity contribution is 7.70. The molecular weight excluding hydrogens is 975 g/mol. The fraction of sp³-hybridized carbons (Fsp3) is 0.906. The van der Waals surface area contributed by atoms with Gasteiger partial charge in [-0.25, -0.2) is 0 Å². The van der Waals surface area contributed by atoms with Crippen molar-refractivity contribution in [3.8, 4) is 0 Å². The Morgan fingerprint density at radius 3 is 1.16 bits per heavy atom. The average molecular weight is 1050 g/mol. The zero-order valence-electron chi connectivity index (χ0n) is 39.7. The van der Waals surface area contributed by atoms with Crippen LogP contribution in [0.2, 0.25) is 118 Å². The fourth-order valence-electron chi connectivity index (χ4n) is 5.68. The van der Waals surface area contributed by atoms with E-state index in [4.69, 9.17) is 25.7 Å². The minimum atomic E-state index is -4.61. The van der Waals surface area contributed by atoms with Gasteiger partial charge in [-0.2, -0.15) is 0 Å². The molecule has 0 saturated carbocycles. The van der Waals surface area contributed by atoms with Gasteiger partial charge in [-0.1, -0.05) is 0 Å². The molecule has 0 aliphatic rings. The highest BCUT2D eigenvalue weighted by atomic mass is 31.2. The third-order valence-corrected chi connectivity index (χ3v) is 28.2. The largest absolute Gasteiger partial charge is 0.480 e. The van der Waals surface area contributed by atoms with Crippen molar-refractivity contribution in [3.63, 3.8) is 0 Å². The van der Waals surface area contributed by atoms with Gasteiger partial charge in [-0.15, -0.1) is 0 Å². The molecule has 0 radical (unpaired) electrons. The van der Waals surface area contributed by atoms with Crippen LogP contribution in [0.15, 0.2) is 0 Å². The Balaban J connectivity index is 7.45. The Hall–Kier alpha value is 0.141. The number of hydrogen-bond acceptors (Lipinski definition) is 16. The van der Waals surface area contributed by atoms with Gasteiger partial charge in [0.05, 0.1) is 19.6 Å². The second kappa shape index (κ2) is 23.7. The van der Waals surface area contributed by atoms with Gasteiger partial charge < -0.3 is 41.0 Å². The summed E-state index contributed by atoms with van der Waals surface area (Å²) in [4.78, 5) is 41.0. The molecule has 0 aliphatic heterocycles. The topological polar surface area (TPSA) is 245 Å². The first kappa shape index (κ1) is 61.1. The third-order valence-electron chi connectivity index (χ3n) is 7.18. The summed E-state index contributed by atoms with van der Waals surface area (Å²) < 4.78 is 95.4. The molecule has 4 unspecified atom stereocenters. The summed E-state index contributed by atoms with van der Waals surface area (Å²) >= 11 is 0. The summed E-state index contributed by atoms with van der Waals surface area (Å²) in [6, 6.07) is 0. The van der Waals surface area contributed by atoms with Crippen molar-refractivity contribution in [2.45, 2.75) is 128 Å². The van der Waals surface area contributed by atoms with E-state index >= 15 is 4.57 Å². The van der Waals surface area contributed by atoms with Gasteiger partial charge in [0.25, 0.3) is 0 Å². The van der Waals surface area contributed by atoms with Crippen molar-refractivity contribution in [2.75, 3.05) is 58.9 Å². The highest BCUT2D eigenvalue weighted by Crippen LogP contribution is 2.73. The molecule has 4 atom stereocenters. The average Bonchev–Trinajstić information content (AvgIpc) is 2.95. The van der Waals surface area contributed by atoms with E-state index < -0.39 is 136 Å². The number of aliphatic carboxylic acids is 3. The van der Waals surface area contributed by atoms with Crippen LogP contribution in [0.1, 0.15) is 0 Å². The van der Waals surface area contributed by atoms with E-state index in [-0.39, 0.29) is 32.7 Å². The van der Waals surface area contributed by atoms with Crippen molar-refractivity contribution in [2.24, 2.45) is 0 Å². The van der Waals surface area contributed by atoms with Gasteiger partial charge in [0.15, 0.2) is 49.9 Å². The molecule has 0 rings (SSSR count). The zero-order valence-corrected chi connectivity index (χ0v) is 49.5. The van der Waals surface area contributed by atoms with Gasteiger partial charge in [0.1, 0.15) is 0 Å². The minimum Gasteiger partial charge on any atom is -0.480 e. The van der Waals surface area contributed by atoms with Crippen LogP contribution in [-0.2, 0) is 58.3 Å². The van der Waals surface area contributed by atoms with Crippen LogP contribution in [0.4, 0.5) is 0 Å². The monoisotopic (exact) mass is 1050 g/mol. The molecule has 0 aromatic heterocycles. The number of carboxylic acid groups (broad SMARTS) is 3. The summed E-state index contributed by atoms with van der Waals surface area (Å²) in [5, 5.41) is 25.9. The SMILES string of the molecule is C[Si](C)(C)O[PH](=O)C(CN(CCN(CCN(CC(=O)O)CC(O[Si](C)(C)C)([PH](=O)O[Si](C)(C)C)P(=O)(O[Si](C)(C)C)O[Si](C)(C)C)CC(=O)O)CC(=O)O)(O[Si](C)(C)C)P=O. The summed E-state index contributed by atoms with van der Waals surface area (Å²) in [6.07, 6.45) is 0. The fourth-order valence-corrected chi connectivity index (χ4v) is 29.9. The summed E-state index contributed by atoms with van der Waals surface area (Å²) in [5.41, 5.74) is 0. The molecule has 0 fully saturated rings. The number of carbonyl (C=O) groups is 3. The molecule has 61 heavy (non-hydrogen) atoms. The van der Waals surface area contributed by atoms with Crippen LogP contribution in [0.3, 0.4) is 0 Å². The lowest BCUT2D eigenvalue weighted by Crippen LogP contribution is -2.54. The number of hydrogen-bond donors (Lipinski definition) is 3. The van der Waals surface area contributed by atoms with Gasteiger partial charge in [-0.3, -0.25) is 47.3 Å². The molecule has 19 nitrogen and oxygen atoms in total. The molecule has 360 valence electrons. The maximum Gasteiger partial charge on any atom is 0.353 e. The summed E-state index contributed by atoms with van der Waals surface area (Å²) in [7, 11) is -28.3. The Kier molecular flexibility index (Phi) is 23.8. The Morgan fingerprint density at radius 1 is 0.525 bits per heavy atom. The standard InChI is InChI=1S/C32H77N3O16P4Si6/c1-56(2,3)46-31(52-42,53(43)48-58(7,8)9)26-34(24-29(38)39)21-19-33(23-28(36)37)20-22-35(25-30(40)41)27-32(47-57(4,5)6,54(44)49-59(10,11)12)55(45,50-60(13,14)15)51-61(16,17)18/h53-54H,19-27H2,1-18H3,(H,36,37)(H,38,39)(H,40,41). The maximum absolute atomic E-state index is 15.7. The molecule has 0 spiro atoms. The van der Waals surface area contributed by atoms with E-state index in [1.807, 2.05) is 19.6 Å². The van der Waals surface area contributed by atoms with Crippen LogP contribution in [0.25, 0.3) is 0 Å². The quantitative estimate of drug-likeness (QED) is 0.0427. The third kappa shape index (κ3) is 25.0. The van der Waals surface area contributed by atoms with Crippen molar-refractivity contribution >= 4 is 99.9 Å². The highest BCUT2D eigenvalue weighted by Gasteiger charge is 2.63. The Bertz CT molecular complexity index is 1580. The van der Waals surface area contributed by atoms with E-state index in [0.717, 1.165) is 0 Å². The summed E-state index contributed by atoms with van der Waals surface area (Å²) in [5.74, 6) is -3.78. The molecule has 3 N–H and O–H groups in total. The molecule has 0 aromatic rings. The van der Waals surface area contributed by atoms with Gasteiger partial charge >= 0.3 is 25.5 Å². The van der Waals surface area contributed by atoms with Crippen molar-refractivity contribution in [1.29, 1.82) is 0 Å².